The third kappa shape index (κ3) is 3.58. The van der Waals surface area contributed by atoms with E-state index in [9.17, 15) is 5.11 Å². The van der Waals surface area contributed by atoms with E-state index in [0.29, 0.717) is 29.5 Å². The second-order valence-corrected chi connectivity index (χ2v) is 4.52. The average Bonchev–Trinajstić information content (AvgIpc) is 2.64. The molecule has 0 amide bonds. The van der Waals surface area contributed by atoms with Crippen LogP contribution in [0.1, 0.15) is 24.1 Å². The summed E-state index contributed by atoms with van der Waals surface area (Å²) >= 11 is 5.90. The summed E-state index contributed by atoms with van der Waals surface area (Å²) in [6.07, 6.45) is 2.34. The second-order valence-electron chi connectivity index (χ2n) is 4.08. The molecular formula is C13H14ClNO2. The van der Waals surface area contributed by atoms with E-state index in [1.165, 1.54) is 0 Å². The maximum atomic E-state index is 9.24. The summed E-state index contributed by atoms with van der Waals surface area (Å²) in [4.78, 5) is 4.17. The van der Waals surface area contributed by atoms with Gasteiger partial charge in [-0.3, -0.25) is 0 Å². The molecule has 2 aromatic rings. The molecule has 0 aliphatic heterocycles. The Morgan fingerprint density at radius 2 is 2.29 bits per heavy atom. The molecule has 1 heterocycles. The maximum absolute atomic E-state index is 9.24. The van der Waals surface area contributed by atoms with Crippen LogP contribution in [0.25, 0.3) is 0 Å². The standard InChI is InChI=1S/C13H14ClNO2/c1-9(16)5-12-8-15-13(17-12)7-10-3-2-4-11(14)6-10/h2-4,6,8-9,16H,5,7H2,1H3. The summed E-state index contributed by atoms with van der Waals surface area (Å²) in [5, 5.41) is 9.94. The number of aliphatic hydroxyl groups is 1. The summed E-state index contributed by atoms with van der Waals surface area (Å²) in [6, 6.07) is 7.60. The van der Waals surface area contributed by atoms with E-state index in [1.54, 1.807) is 13.1 Å². The van der Waals surface area contributed by atoms with Crippen LogP contribution < -0.4 is 0 Å². The molecule has 0 spiro atoms. The van der Waals surface area contributed by atoms with Crippen LogP contribution in [-0.4, -0.2) is 16.2 Å². The van der Waals surface area contributed by atoms with Gasteiger partial charge in [0, 0.05) is 17.9 Å². The molecule has 17 heavy (non-hydrogen) atoms. The minimum Gasteiger partial charge on any atom is -0.445 e. The first-order valence-corrected chi connectivity index (χ1v) is 5.87. The molecule has 1 aromatic heterocycles. The number of hydrogen-bond donors (Lipinski definition) is 1. The summed E-state index contributed by atoms with van der Waals surface area (Å²) in [7, 11) is 0. The highest BCUT2D eigenvalue weighted by atomic mass is 35.5. The number of halogens is 1. The molecule has 1 aromatic carbocycles. The summed E-state index contributed by atoms with van der Waals surface area (Å²) in [5.41, 5.74) is 1.06. The largest absolute Gasteiger partial charge is 0.445 e. The zero-order valence-electron chi connectivity index (χ0n) is 9.56. The van der Waals surface area contributed by atoms with E-state index in [1.807, 2.05) is 24.3 Å². The van der Waals surface area contributed by atoms with Crippen LogP contribution >= 0.6 is 11.6 Å². The highest BCUT2D eigenvalue weighted by Crippen LogP contribution is 2.15. The van der Waals surface area contributed by atoms with Crippen molar-refractivity contribution in [1.29, 1.82) is 0 Å². The topological polar surface area (TPSA) is 46.3 Å². The Labute approximate surface area is 105 Å². The number of oxazole rings is 1. The Balaban J connectivity index is 2.06. The predicted molar refractivity (Wildman–Crippen MR) is 66.1 cm³/mol. The van der Waals surface area contributed by atoms with Crippen molar-refractivity contribution in [1.82, 2.24) is 4.98 Å². The van der Waals surface area contributed by atoms with Crippen LogP contribution in [-0.2, 0) is 12.8 Å². The van der Waals surface area contributed by atoms with Gasteiger partial charge in [0.2, 0.25) is 0 Å². The smallest absolute Gasteiger partial charge is 0.198 e. The lowest BCUT2D eigenvalue weighted by Gasteiger charge is -1.99. The van der Waals surface area contributed by atoms with Crippen molar-refractivity contribution in [3.05, 3.63) is 52.7 Å². The third-order valence-corrected chi connectivity index (χ3v) is 2.58. The lowest BCUT2D eigenvalue weighted by Crippen LogP contribution is -2.02. The van der Waals surface area contributed by atoms with E-state index in [0.717, 1.165) is 5.56 Å². The Bertz CT molecular complexity index is 494. The average molecular weight is 252 g/mol. The van der Waals surface area contributed by atoms with Gasteiger partial charge in [-0.25, -0.2) is 4.98 Å². The van der Waals surface area contributed by atoms with Crippen molar-refractivity contribution < 1.29 is 9.52 Å². The molecule has 0 radical (unpaired) electrons. The third-order valence-electron chi connectivity index (χ3n) is 2.34. The normalized spacial score (nSPS) is 12.6. The number of aromatic nitrogens is 1. The molecule has 1 unspecified atom stereocenters. The molecule has 0 bridgehead atoms. The van der Waals surface area contributed by atoms with Crippen molar-refractivity contribution in [2.45, 2.75) is 25.9 Å². The number of rotatable bonds is 4. The van der Waals surface area contributed by atoms with Crippen LogP contribution in [0.3, 0.4) is 0 Å². The van der Waals surface area contributed by atoms with Crippen LogP contribution in [0.2, 0.25) is 5.02 Å². The quantitative estimate of drug-likeness (QED) is 0.909. The zero-order valence-corrected chi connectivity index (χ0v) is 10.3. The van der Waals surface area contributed by atoms with Crippen molar-refractivity contribution in [2.24, 2.45) is 0 Å². The van der Waals surface area contributed by atoms with Gasteiger partial charge in [-0.2, -0.15) is 0 Å². The monoisotopic (exact) mass is 251 g/mol. The molecule has 1 atom stereocenters. The molecule has 3 nitrogen and oxygen atoms in total. The fraction of sp³-hybridized carbons (Fsp3) is 0.308. The fourth-order valence-electron chi connectivity index (χ4n) is 1.64. The Morgan fingerprint density at radius 3 is 3.00 bits per heavy atom. The first-order chi connectivity index (χ1) is 8.13. The maximum Gasteiger partial charge on any atom is 0.198 e. The van der Waals surface area contributed by atoms with Gasteiger partial charge in [-0.05, 0) is 24.6 Å². The van der Waals surface area contributed by atoms with Gasteiger partial charge < -0.3 is 9.52 Å². The van der Waals surface area contributed by atoms with Gasteiger partial charge >= 0.3 is 0 Å². The Kier molecular flexibility index (Phi) is 3.82. The summed E-state index contributed by atoms with van der Waals surface area (Å²) in [5.74, 6) is 1.35. The van der Waals surface area contributed by atoms with E-state index in [-0.39, 0.29) is 0 Å². The number of hydrogen-bond acceptors (Lipinski definition) is 3. The van der Waals surface area contributed by atoms with Gasteiger partial charge in [-0.1, -0.05) is 23.7 Å². The minimum atomic E-state index is -0.415. The molecule has 1 N–H and O–H groups in total. The van der Waals surface area contributed by atoms with Crippen LogP contribution in [0.15, 0.2) is 34.9 Å². The number of benzene rings is 1. The van der Waals surface area contributed by atoms with E-state index < -0.39 is 6.10 Å². The minimum absolute atomic E-state index is 0.415. The van der Waals surface area contributed by atoms with Crippen molar-refractivity contribution in [3.8, 4) is 0 Å². The van der Waals surface area contributed by atoms with Gasteiger partial charge in [0.05, 0.1) is 12.3 Å². The lowest BCUT2D eigenvalue weighted by molar-refractivity contribution is 0.186. The van der Waals surface area contributed by atoms with Gasteiger partial charge in [-0.15, -0.1) is 0 Å². The molecule has 0 saturated carbocycles. The first kappa shape index (κ1) is 12.1. The van der Waals surface area contributed by atoms with Crippen LogP contribution in [0.4, 0.5) is 0 Å². The van der Waals surface area contributed by atoms with Crippen molar-refractivity contribution in [3.63, 3.8) is 0 Å². The van der Waals surface area contributed by atoms with Gasteiger partial charge in [0.15, 0.2) is 5.89 Å². The van der Waals surface area contributed by atoms with E-state index >= 15 is 0 Å². The van der Waals surface area contributed by atoms with E-state index in [2.05, 4.69) is 4.98 Å². The highest BCUT2D eigenvalue weighted by molar-refractivity contribution is 6.30. The first-order valence-electron chi connectivity index (χ1n) is 5.49. The number of aliphatic hydroxyl groups excluding tert-OH is 1. The Morgan fingerprint density at radius 1 is 1.47 bits per heavy atom. The molecule has 0 aliphatic rings. The fourth-order valence-corrected chi connectivity index (χ4v) is 1.85. The van der Waals surface area contributed by atoms with Crippen molar-refractivity contribution >= 4 is 11.6 Å². The van der Waals surface area contributed by atoms with Crippen LogP contribution in [0, 0.1) is 0 Å². The highest BCUT2D eigenvalue weighted by Gasteiger charge is 2.07. The van der Waals surface area contributed by atoms with E-state index in [4.69, 9.17) is 16.0 Å². The second kappa shape index (κ2) is 5.34. The molecular weight excluding hydrogens is 238 g/mol. The van der Waals surface area contributed by atoms with Gasteiger partial charge in [0.1, 0.15) is 5.76 Å². The molecule has 90 valence electrons. The molecule has 0 fully saturated rings. The van der Waals surface area contributed by atoms with Gasteiger partial charge in [0.25, 0.3) is 0 Å². The molecule has 2 rings (SSSR count). The lowest BCUT2D eigenvalue weighted by atomic mass is 10.1. The molecule has 0 aliphatic carbocycles. The summed E-state index contributed by atoms with van der Waals surface area (Å²) < 4.78 is 5.52. The molecule has 4 heteroatoms. The van der Waals surface area contributed by atoms with Crippen LogP contribution in [0.5, 0.6) is 0 Å². The SMILES string of the molecule is CC(O)Cc1cnc(Cc2cccc(Cl)c2)o1. The zero-order chi connectivity index (χ0) is 12.3. The predicted octanol–water partition coefficient (Wildman–Crippen LogP) is 2.84. The number of nitrogens with zero attached hydrogens (tertiary/aromatic N) is 1. The summed E-state index contributed by atoms with van der Waals surface area (Å²) in [6.45, 7) is 1.72. The Hall–Kier alpha value is -1.32. The van der Waals surface area contributed by atoms with Crippen molar-refractivity contribution in [2.75, 3.05) is 0 Å². The molecule has 0 saturated heterocycles.